The minimum absolute atomic E-state index is 0.0941. The van der Waals surface area contributed by atoms with E-state index in [2.05, 4.69) is 16.7 Å². The fraction of sp³-hybridized carbons (Fsp3) is 0.435. The van der Waals surface area contributed by atoms with Gasteiger partial charge in [0, 0.05) is 18.5 Å². The number of hydrogen-bond donors (Lipinski definition) is 3. The maximum atomic E-state index is 11.6. The monoisotopic (exact) mass is 442 g/mol. The van der Waals surface area contributed by atoms with E-state index in [1.807, 2.05) is 31.2 Å². The van der Waals surface area contributed by atoms with E-state index >= 15 is 0 Å². The minimum atomic E-state index is -3.74. The number of nitrogens with zero attached hydrogens (tertiary/aromatic N) is 1. The van der Waals surface area contributed by atoms with Crippen molar-refractivity contribution in [1.82, 2.24) is 10.6 Å². The lowest BCUT2D eigenvalue weighted by atomic mass is 9.86. The molecule has 1 fully saturated rings. The Morgan fingerprint density at radius 1 is 1.19 bits per heavy atom. The maximum Gasteiger partial charge on any atom is 0.238 e. The molecule has 0 saturated heterocycles. The number of nitrogens with one attached hydrogen (secondary N) is 2. The quantitative estimate of drug-likeness (QED) is 0.487. The normalized spacial score (nSPS) is 20.2. The summed E-state index contributed by atoms with van der Waals surface area (Å²) in [6.45, 7) is 3.09. The summed E-state index contributed by atoms with van der Waals surface area (Å²) in [4.78, 5) is 4.80. The van der Waals surface area contributed by atoms with Crippen molar-refractivity contribution in [3.63, 3.8) is 0 Å². The van der Waals surface area contributed by atoms with Crippen LogP contribution in [0, 0.1) is 0 Å². The van der Waals surface area contributed by atoms with Crippen molar-refractivity contribution in [1.29, 1.82) is 0 Å². The molecule has 4 N–H and O–H groups in total. The van der Waals surface area contributed by atoms with Crippen molar-refractivity contribution in [2.75, 3.05) is 6.54 Å². The molecule has 1 heterocycles. The number of ether oxygens (including phenoxy) is 1. The number of benzene rings is 2. The van der Waals surface area contributed by atoms with Crippen molar-refractivity contribution in [2.45, 2.75) is 62.1 Å². The first-order chi connectivity index (χ1) is 14.9. The van der Waals surface area contributed by atoms with Crippen LogP contribution in [0.5, 0.6) is 5.75 Å². The van der Waals surface area contributed by atoms with E-state index in [4.69, 9.17) is 14.9 Å². The Morgan fingerprint density at radius 2 is 1.97 bits per heavy atom. The van der Waals surface area contributed by atoms with Gasteiger partial charge in [0.05, 0.1) is 17.5 Å². The van der Waals surface area contributed by atoms with Crippen LogP contribution in [0.1, 0.15) is 56.2 Å². The van der Waals surface area contributed by atoms with Gasteiger partial charge in [-0.15, -0.1) is 0 Å². The molecule has 166 valence electrons. The maximum absolute atomic E-state index is 11.6. The van der Waals surface area contributed by atoms with E-state index in [1.165, 1.54) is 18.9 Å². The molecule has 1 atom stereocenters. The molecular formula is C23H30N4O3S. The highest BCUT2D eigenvalue weighted by Crippen LogP contribution is 2.46. The van der Waals surface area contributed by atoms with Crippen molar-refractivity contribution in [3.8, 4) is 5.75 Å². The van der Waals surface area contributed by atoms with Crippen LogP contribution in [0.3, 0.4) is 0 Å². The number of fused-ring (bicyclic) bond motifs is 1. The second-order valence-corrected chi connectivity index (χ2v) is 9.88. The molecule has 4 rings (SSSR count). The van der Waals surface area contributed by atoms with Crippen LogP contribution < -0.4 is 20.5 Å². The van der Waals surface area contributed by atoms with Gasteiger partial charge in [-0.2, -0.15) is 0 Å². The zero-order chi connectivity index (χ0) is 21.9. The first-order valence-corrected chi connectivity index (χ1v) is 12.4. The third-order valence-electron chi connectivity index (χ3n) is 6.01. The van der Waals surface area contributed by atoms with Crippen LogP contribution in [0.4, 0.5) is 0 Å². The van der Waals surface area contributed by atoms with Crippen molar-refractivity contribution < 1.29 is 13.2 Å². The molecule has 1 saturated carbocycles. The Kier molecular flexibility index (Phi) is 6.20. The summed E-state index contributed by atoms with van der Waals surface area (Å²) in [5.41, 5.74) is 1.82. The predicted octanol–water partition coefficient (Wildman–Crippen LogP) is 3.23. The van der Waals surface area contributed by atoms with E-state index in [0.29, 0.717) is 12.5 Å². The van der Waals surface area contributed by atoms with Crippen LogP contribution in [-0.2, 0) is 16.6 Å². The number of sulfonamides is 1. The summed E-state index contributed by atoms with van der Waals surface area (Å²) in [7, 11) is -3.74. The van der Waals surface area contributed by atoms with E-state index in [9.17, 15) is 8.42 Å². The lowest BCUT2D eigenvalue weighted by molar-refractivity contribution is 0.0396. The van der Waals surface area contributed by atoms with Crippen LogP contribution >= 0.6 is 0 Å². The topological polar surface area (TPSA) is 106 Å². The molecule has 31 heavy (non-hydrogen) atoms. The van der Waals surface area contributed by atoms with Crippen molar-refractivity contribution >= 4 is 16.0 Å². The van der Waals surface area contributed by atoms with E-state index in [1.54, 1.807) is 12.1 Å². The standard InChI is InChI=1S/C23H30N4O3S/c1-2-25-22(26-16-17-8-7-9-18(14-17)31(24,28)29)27-20-15-23(12-5-6-13-23)30-21-11-4-3-10-19(20)21/h3-4,7-11,14,20H,2,5-6,12-13,15-16H2,1H3,(H2,24,28,29)(H2,25,26,27). The van der Waals surface area contributed by atoms with Crippen molar-refractivity contribution in [3.05, 3.63) is 59.7 Å². The number of hydrogen-bond acceptors (Lipinski definition) is 4. The molecule has 0 radical (unpaired) electrons. The van der Waals surface area contributed by atoms with E-state index in [-0.39, 0.29) is 16.5 Å². The molecule has 1 spiro atoms. The van der Waals surface area contributed by atoms with Gasteiger partial charge in [0.15, 0.2) is 5.96 Å². The third-order valence-corrected chi connectivity index (χ3v) is 6.92. The Balaban J connectivity index is 1.56. The first-order valence-electron chi connectivity index (χ1n) is 10.8. The number of rotatable bonds is 5. The fourth-order valence-electron chi connectivity index (χ4n) is 4.55. The lowest BCUT2D eigenvalue weighted by Gasteiger charge is -2.40. The molecule has 2 aliphatic rings. The van der Waals surface area contributed by atoms with Gasteiger partial charge in [0.2, 0.25) is 10.0 Å². The van der Waals surface area contributed by atoms with Gasteiger partial charge in [-0.25, -0.2) is 18.5 Å². The summed E-state index contributed by atoms with van der Waals surface area (Å²) >= 11 is 0. The minimum Gasteiger partial charge on any atom is -0.487 e. The van der Waals surface area contributed by atoms with E-state index in [0.717, 1.165) is 42.7 Å². The molecule has 1 aliphatic heterocycles. The van der Waals surface area contributed by atoms with Crippen LogP contribution in [-0.4, -0.2) is 26.5 Å². The summed E-state index contributed by atoms with van der Waals surface area (Å²) in [5, 5.41) is 12.2. The number of nitrogens with two attached hydrogens (primary N) is 1. The number of guanidine groups is 1. The Labute approximate surface area is 184 Å². The highest BCUT2D eigenvalue weighted by Gasteiger charge is 2.43. The van der Waals surface area contributed by atoms with Gasteiger partial charge < -0.3 is 15.4 Å². The fourth-order valence-corrected chi connectivity index (χ4v) is 5.13. The number of aliphatic imine (C=N–C) groups is 1. The van der Waals surface area contributed by atoms with Crippen LogP contribution in [0.15, 0.2) is 58.4 Å². The Bertz CT molecular complexity index is 1060. The molecule has 2 aromatic carbocycles. The van der Waals surface area contributed by atoms with Gasteiger partial charge in [0.25, 0.3) is 0 Å². The molecule has 7 nitrogen and oxygen atoms in total. The SMILES string of the molecule is CCNC(=NCc1cccc(S(N)(=O)=O)c1)NC1CC2(CCCC2)Oc2ccccc21. The van der Waals surface area contributed by atoms with Gasteiger partial charge in [-0.1, -0.05) is 30.3 Å². The largest absolute Gasteiger partial charge is 0.487 e. The molecular weight excluding hydrogens is 412 g/mol. The van der Waals surface area contributed by atoms with Crippen LogP contribution in [0.25, 0.3) is 0 Å². The first kappa shape index (κ1) is 21.6. The predicted molar refractivity (Wildman–Crippen MR) is 121 cm³/mol. The molecule has 0 bridgehead atoms. The number of para-hydroxylation sites is 1. The summed E-state index contributed by atoms with van der Waals surface area (Å²) in [6.07, 6.45) is 5.45. The average Bonchev–Trinajstić information content (AvgIpc) is 3.19. The summed E-state index contributed by atoms with van der Waals surface area (Å²) in [6, 6.07) is 14.9. The summed E-state index contributed by atoms with van der Waals surface area (Å²) in [5.74, 6) is 1.64. The zero-order valence-electron chi connectivity index (χ0n) is 17.8. The zero-order valence-corrected chi connectivity index (χ0v) is 18.6. The highest BCUT2D eigenvalue weighted by molar-refractivity contribution is 7.89. The summed E-state index contributed by atoms with van der Waals surface area (Å²) < 4.78 is 29.7. The third kappa shape index (κ3) is 5.02. The second kappa shape index (κ2) is 8.88. The smallest absolute Gasteiger partial charge is 0.238 e. The van der Waals surface area contributed by atoms with E-state index < -0.39 is 10.0 Å². The average molecular weight is 443 g/mol. The Hall–Kier alpha value is -2.58. The van der Waals surface area contributed by atoms with Crippen molar-refractivity contribution in [2.24, 2.45) is 10.1 Å². The van der Waals surface area contributed by atoms with Gasteiger partial charge in [0.1, 0.15) is 11.4 Å². The Morgan fingerprint density at radius 3 is 2.71 bits per heavy atom. The number of primary sulfonamides is 1. The van der Waals surface area contributed by atoms with Gasteiger partial charge in [-0.3, -0.25) is 0 Å². The van der Waals surface area contributed by atoms with Gasteiger partial charge in [-0.05, 0) is 56.4 Å². The highest BCUT2D eigenvalue weighted by atomic mass is 32.2. The van der Waals surface area contributed by atoms with Gasteiger partial charge >= 0.3 is 0 Å². The molecule has 1 unspecified atom stereocenters. The molecule has 2 aromatic rings. The molecule has 0 aromatic heterocycles. The van der Waals surface area contributed by atoms with Crippen LogP contribution in [0.2, 0.25) is 0 Å². The molecule has 0 amide bonds. The second-order valence-electron chi connectivity index (χ2n) is 8.32. The lowest BCUT2D eigenvalue weighted by Crippen LogP contribution is -2.46. The molecule has 1 aliphatic carbocycles. The molecule has 8 heteroatoms.